The minimum Gasteiger partial charge on any atom is -0.466 e. The van der Waals surface area contributed by atoms with Crippen LogP contribution in [0.15, 0.2) is 34.8 Å². The molecule has 0 radical (unpaired) electrons. The van der Waals surface area contributed by atoms with E-state index >= 15 is 0 Å². The van der Waals surface area contributed by atoms with Crippen LogP contribution in [0.3, 0.4) is 0 Å². The van der Waals surface area contributed by atoms with Gasteiger partial charge in [0.15, 0.2) is 6.79 Å². The summed E-state index contributed by atoms with van der Waals surface area (Å²) in [7, 11) is 1.58. The van der Waals surface area contributed by atoms with Crippen molar-refractivity contribution in [1.82, 2.24) is 0 Å². The summed E-state index contributed by atoms with van der Waals surface area (Å²) in [4.78, 5) is 0. The van der Waals surface area contributed by atoms with Gasteiger partial charge in [0.1, 0.15) is 5.75 Å². The zero-order chi connectivity index (χ0) is 11.5. The Labute approximate surface area is 107 Å². The minimum absolute atomic E-state index is 0.196. The van der Waals surface area contributed by atoms with Gasteiger partial charge in [0.2, 0.25) is 0 Å². The van der Waals surface area contributed by atoms with Gasteiger partial charge in [0, 0.05) is 17.0 Å². The smallest absolute Gasteiger partial charge is 0.188 e. The maximum absolute atomic E-state index is 6.23. The first-order chi connectivity index (χ1) is 7.72. The number of rotatable bonds is 3. The van der Waals surface area contributed by atoms with Crippen LogP contribution < -0.4 is 4.74 Å². The van der Waals surface area contributed by atoms with Gasteiger partial charge in [-0.15, -0.1) is 0 Å². The van der Waals surface area contributed by atoms with E-state index in [9.17, 15) is 0 Å². The summed E-state index contributed by atoms with van der Waals surface area (Å²) >= 11 is 9.66. The van der Waals surface area contributed by atoms with Crippen molar-refractivity contribution in [2.45, 2.75) is 0 Å². The van der Waals surface area contributed by atoms with Gasteiger partial charge in [-0.05, 0) is 23.6 Å². The SMILES string of the molecule is COCOc1ccc2cc(Br)ccc2c1Cl. The maximum Gasteiger partial charge on any atom is 0.188 e. The summed E-state index contributed by atoms with van der Waals surface area (Å²) < 4.78 is 11.2. The lowest BCUT2D eigenvalue weighted by Gasteiger charge is -2.09. The fourth-order valence-corrected chi connectivity index (χ4v) is 2.15. The van der Waals surface area contributed by atoms with Crippen LogP contribution in [-0.4, -0.2) is 13.9 Å². The Kier molecular flexibility index (Phi) is 3.69. The molecule has 0 spiro atoms. The van der Waals surface area contributed by atoms with Crippen LogP contribution in [0, 0.1) is 0 Å². The first-order valence-electron chi connectivity index (χ1n) is 4.72. The molecule has 0 atom stereocenters. The zero-order valence-corrected chi connectivity index (χ0v) is 11.0. The third kappa shape index (κ3) is 2.32. The van der Waals surface area contributed by atoms with Crippen molar-refractivity contribution >= 4 is 38.3 Å². The lowest BCUT2D eigenvalue weighted by atomic mass is 10.1. The van der Waals surface area contributed by atoms with E-state index in [4.69, 9.17) is 21.1 Å². The van der Waals surface area contributed by atoms with Crippen LogP contribution in [0.4, 0.5) is 0 Å². The second-order valence-corrected chi connectivity index (χ2v) is 4.59. The number of hydrogen-bond donors (Lipinski definition) is 0. The Morgan fingerprint density at radius 1 is 1.25 bits per heavy atom. The van der Waals surface area contributed by atoms with Crippen molar-refractivity contribution in [1.29, 1.82) is 0 Å². The number of benzene rings is 2. The monoisotopic (exact) mass is 300 g/mol. The highest BCUT2D eigenvalue weighted by molar-refractivity contribution is 9.10. The number of halogens is 2. The molecule has 0 N–H and O–H groups in total. The van der Waals surface area contributed by atoms with E-state index in [0.29, 0.717) is 10.8 Å². The van der Waals surface area contributed by atoms with Crippen LogP contribution in [0.1, 0.15) is 0 Å². The van der Waals surface area contributed by atoms with E-state index in [-0.39, 0.29) is 6.79 Å². The van der Waals surface area contributed by atoms with Crippen molar-refractivity contribution in [3.8, 4) is 5.75 Å². The summed E-state index contributed by atoms with van der Waals surface area (Å²) in [5.41, 5.74) is 0. The highest BCUT2D eigenvalue weighted by Crippen LogP contribution is 2.33. The molecule has 84 valence electrons. The van der Waals surface area contributed by atoms with Gasteiger partial charge in [-0.25, -0.2) is 0 Å². The first-order valence-corrected chi connectivity index (χ1v) is 5.89. The standard InChI is InChI=1S/C12H10BrClO2/c1-15-7-16-11-5-2-8-6-9(13)3-4-10(8)12(11)14/h2-6H,7H2,1H3. The van der Waals surface area contributed by atoms with Crippen molar-refractivity contribution in [3.05, 3.63) is 39.8 Å². The predicted octanol–water partition coefficient (Wildman–Crippen LogP) is 4.24. The Hall–Kier alpha value is -0.770. The minimum atomic E-state index is 0.196. The molecule has 0 saturated carbocycles. The van der Waals surface area contributed by atoms with Gasteiger partial charge in [-0.3, -0.25) is 0 Å². The number of hydrogen-bond acceptors (Lipinski definition) is 2. The van der Waals surface area contributed by atoms with Gasteiger partial charge in [0.05, 0.1) is 5.02 Å². The van der Waals surface area contributed by atoms with Gasteiger partial charge < -0.3 is 9.47 Å². The van der Waals surface area contributed by atoms with Crippen LogP contribution in [0.2, 0.25) is 5.02 Å². The molecule has 0 aliphatic carbocycles. The Morgan fingerprint density at radius 2 is 2.06 bits per heavy atom. The molecule has 2 aromatic rings. The van der Waals surface area contributed by atoms with Crippen LogP contribution in [0.25, 0.3) is 10.8 Å². The molecule has 0 aromatic heterocycles. The topological polar surface area (TPSA) is 18.5 Å². The highest BCUT2D eigenvalue weighted by Gasteiger charge is 2.06. The summed E-state index contributed by atoms with van der Waals surface area (Å²) in [6.07, 6.45) is 0. The van der Waals surface area contributed by atoms with E-state index in [1.165, 1.54) is 0 Å². The van der Waals surface area contributed by atoms with Crippen molar-refractivity contribution in [2.24, 2.45) is 0 Å². The van der Waals surface area contributed by atoms with E-state index in [1.807, 2.05) is 30.3 Å². The Morgan fingerprint density at radius 3 is 2.81 bits per heavy atom. The second-order valence-electron chi connectivity index (χ2n) is 3.29. The van der Waals surface area contributed by atoms with Gasteiger partial charge >= 0.3 is 0 Å². The van der Waals surface area contributed by atoms with Crippen molar-refractivity contribution in [2.75, 3.05) is 13.9 Å². The quantitative estimate of drug-likeness (QED) is 0.790. The average Bonchev–Trinajstić information content (AvgIpc) is 2.28. The van der Waals surface area contributed by atoms with E-state index in [1.54, 1.807) is 7.11 Å². The molecule has 16 heavy (non-hydrogen) atoms. The summed E-state index contributed by atoms with van der Waals surface area (Å²) in [6, 6.07) is 9.74. The van der Waals surface area contributed by atoms with Gasteiger partial charge in [-0.1, -0.05) is 39.7 Å². The molecule has 0 aliphatic rings. The van der Waals surface area contributed by atoms with E-state index in [0.717, 1.165) is 15.2 Å². The number of fused-ring (bicyclic) bond motifs is 1. The van der Waals surface area contributed by atoms with Crippen molar-refractivity contribution < 1.29 is 9.47 Å². The predicted molar refractivity (Wildman–Crippen MR) is 69.2 cm³/mol. The molecule has 2 rings (SSSR count). The van der Waals surface area contributed by atoms with Crippen LogP contribution >= 0.6 is 27.5 Å². The molecule has 2 aromatic carbocycles. The highest BCUT2D eigenvalue weighted by atomic mass is 79.9. The third-order valence-corrected chi connectivity index (χ3v) is 3.10. The van der Waals surface area contributed by atoms with E-state index in [2.05, 4.69) is 15.9 Å². The van der Waals surface area contributed by atoms with Crippen molar-refractivity contribution in [3.63, 3.8) is 0 Å². The molecule has 0 heterocycles. The molecule has 4 heteroatoms. The number of methoxy groups -OCH3 is 1. The molecule has 0 fully saturated rings. The average molecular weight is 302 g/mol. The molecule has 0 aliphatic heterocycles. The Balaban J connectivity index is 2.48. The van der Waals surface area contributed by atoms with Gasteiger partial charge in [-0.2, -0.15) is 0 Å². The van der Waals surface area contributed by atoms with Crippen LogP contribution in [0.5, 0.6) is 5.75 Å². The molecule has 0 bridgehead atoms. The molecule has 0 amide bonds. The summed E-state index contributed by atoms with van der Waals surface area (Å²) in [5, 5.41) is 2.66. The fourth-order valence-electron chi connectivity index (χ4n) is 1.48. The van der Waals surface area contributed by atoms with E-state index < -0.39 is 0 Å². The third-order valence-electron chi connectivity index (χ3n) is 2.21. The lowest BCUT2D eigenvalue weighted by Crippen LogP contribution is -1.99. The fraction of sp³-hybridized carbons (Fsp3) is 0.167. The van der Waals surface area contributed by atoms with Gasteiger partial charge in [0.25, 0.3) is 0 Å². The summed E-state index contributed by atoms with van der Waals surface area (Å²) in [5.74, 6) is 0.637. The normalized spacial score (nSPS) is 10.7. The Bertz CT molecular complexity index is 514. The molecular weight excluding hydrogens is 291 g/mol. The molecular formula is C12H10BrClO2. The first kappa shape index (κ1) is 11.7. The molecule has 0 saturated heterocycles. The lowest BCUT2D eigenvalue weighted by molar-refractivity contribution is 0.0513. The molecule has 0 unspecified atom stereocenters. The zero-order valence-electron chi connectivity index (χ0n) is 8.67. The second kappa shape index (κ2) is 5.04. The largest absolute Gasteiger partial charge is 0.466 e. The maximum atomic E-state index is 6.23. The summed E-state index contributed by atoms with van der Waals surface area (Å²) in [6.45, 7) is 0.196. The number of ether oxygens (including phenoxy) is 2. The van der Waals surface area contributed by atoms with Crippen LogP contribution in [-0.2, 0) is 4.74 Å². The molecule has 2 nitrogen and oxygen atoms in total.